The monoisotopic (exact) mass is 285 g/mol. The second-order valence-corrected chi connectivity index (χ2v) is 4.68. The van der Waals surface area contributed by atoms with Crippen LogP contribution in [0.2, 0.25) is 5.02 Å². The summed E-state index contributed by atoms with van der Waals surface area (Å²) in [4.78, 5) is 0. The highest BCUT2D eigenvalue weighted by molar-refractivity contribution is 6.30. The summed E-state index contributed by atoms with van der Waals surface area (Å²) < 4.78 is 40.5. The van der Waals surface area contributed by atoms with Crippen LogP contribution in [0.25, 0.3) is 0 Å². The van der Waals surface area contributed by atoms with E-state index in [1.807, 2.05) is 0 Å². The van der Waals surface area contributed by atoms with Crippen LogP contribution in [0, 0.1) is 24.4 Å². The Labute approximate surface area is 113 Å². The summed E-state index contributed by atoms with van der Waals surface area (Å²) in [5.41, 5.74) is 6.60. The molecule has 2 rings (SSSR count). The molecular formula is C14H11ClF3N. The maximum Gasteiger partial charge on any atom is 0.142 e. The molecule has 2 N–H and O–H groups in total. The molecular weight excluding hydrogens is 275 g/mol. The standard InChI is InChI=1S/C14H11ClF3N/c1-7-2-3-8(4-11(7)16)14(19)9-5-13(18)10(15)6-12(9)17/h2-6,14H,19H2,1H3. The molecule has 0 spiro atoms. The smallest absolute Gasteiger partial charge is 0.142 e. The first kappa shape index (κ1) is 13.9. The van der Waals surface area contributed by atoms with Crippen LogP contribution in [0.15, 0.2) is 30.3 Å². The Morgan fingerprint density at radius 3 is 2.32 bits per heavy atom. The van der Waals surface area contributed by atoms with E-state index in [1.165, 1.54) is 12.1 Å². The first-order chi connectivity index (χ1) is 8.90. The molecule has 0 aliphatic rings. The third-order valence-electron chi connectivity index (χ3n) is 2.93. The molecule has 19 heavy (non-hydrogen) atoms. The van der Waals surface area contributed by atoms with Crippen molar-refractivity contribution in [3.8, 4) is 0 Å². The molecule has 0 aliphatic heterocycles. The van der Waals surface area contributed by atoms with Gasteiger partial charge >= 0.3 is 0 Å². The van der Waals surface area contributed by atoms with Crippen molar-refractivity contribution < 1.29 is 13.2 Å². The Balaban J connectivity index is 2.46. The van der Waals surface area contributed by atoms with E-state index in [-0.39, 0.29) is 10.6 Å². The van der Waals surface area contributed by atoms with E-state index in [9.17, 15) is 13.2 Å². The second-order valence-electron chi connectivity index (χ2n) is 4.27. The number of halogens is 4. The van der Waals surface area contributed by atoms with E-state index < -0.39 is 23.5 Å². The molecule has 5 heteroatoms. The van der Waals surface area contributed by atoms with Crippen molar-refractivity contribution in [3.63, 3.8) is 0 Å². The number of aryl methyl sites for hydroxylation is 1. The highest BCUT2D eigenvalue weighted by Gasteiger charge is 2.17. The van der Waals surface area contributed by atoms with Gasteiger partial charge in [0.2, 0.25) is 0 Å². The summed E-state index contributed by atoms with van der Waals surface area (Å²) in [7, 11) is 0. The lowest BCUT2D eigenvalue weighted by Crippen LogP contribution is -2.14. The number of nitrogens with two attached hydrogens (primary N) is 1. The highest BCUT2D eigenvalue weighted by atomic mass is 35.5. The van der Waals surface area contributed by atoms with Gasteiger partial charge in [-0.2, -0.15) is 0 Å². The van der Waals surface area contributed by atoms with Crippen molar-refractivity contribution in [3.05, 3.63) is 69.5 Å². The van der Waals surface area contributed by atoms with E-state index in [1.54, 1.807) is 13.0 Å². The number of hydrogen-bond donors (Lipinski definition) is 1. The summed E-state index contributed by atoms with van der Waals surface area (Å²) in [6.45, 7) is 1.60. The number of benzene rings is 2. The Morgan fingerprint density at radius 1 is 1.00 bits per heavy atom. The molecule has 0 amide bonds. The summed E-state index contributed by atoms with van der Waals surface area (Å²) in [6, 6.07) is 5.16. The molecule has 0 radical (unpaired) electrons. The molecule has 0 saturated carbocycles. The van der Waals surface area contributed by atoms with Crippen molar-refractivity contribution in [2.24, 2.45) is 5.73 Å². The van der Waals surface area contributed by atoms with Crippen LogP contribution in [0.1, 0.15) is 22.7 Å². The molecule has 0 saturated heterocycles. The van der Waals surface area contributed by atoms with E-state index in [0.29, 0.717) is 11.1 Å². The van der Waals surface area contributed by atoms with Gasteiger partial charge in [0.05, 0.1) is 11.1 Å². The van der Waals surface area contributed by atoms with Gasteiger partial charge in [0.15, 0.2) is 0 Å². The van der Waals surface area contributed by atoms with Gasteiger partial charge in [-0.25, -0.2) is 13.2 Å². The molecule has 2 aromatic carbocycles. The average Bonchev–Trinajstić information content (AvgIpc) is 2.36. The van der Waals surface area contributed by atoms with Gasteiger partial charge in [-0.05, 0) is 36.2 Å². The molecule has 100 valence electrons. The van der Waals surface area contributed by atoms with Gasteiger partial charge in [-0.15, -0.1) is 0 Å². The Hall–Kier alpha value is -1.52. The van der Waals surface area contributed by atoms with Crippen LogP contribution >= 0.6 is 11.6 Å². The minimum atomic E-state index is -0.957. The predicted octanol–water partition coefficient (Wildman–Crippen LogP) is 4.11. The molecule has 1 nitrogen and oxygen atoms in total. The molecule has 0 aliphatic carbocycles. The van der Waals surface area contributed by atoms with Crippen LogP contribution in [0.3, 0.4) is 0 Å². The third kappa shape index (κ3) is 2.74. The van der Waals surface area contributed by atoms with Crippen molar-refractivity contribution in [1.82, 2.24) is 0 Å². The topological polar surface area (TPSA) is 26.0 Å². The molecule has 0 aromatic heterocycles. The van der Waals surface area contributed by atoms with Crippen molar-refractivity contribution in [2.45, 2.75) is 13.0 Å². The highest BCUT2D eigenvalue weighted by Crippen LogP contribution is 2.27. The molecule has 0 bridgehead atoms. The molecule has 1 unspecified atom stereocenters. The van der Waals surface area contributed by atoms with Gasteiger partial charge in [0.25, 0.3) is 0 Å². The van der Waals surface area contributed by atoms with Crippen LogP contribution in [0.5, 0.6) is 0 Å². The largest absolute Gasteiger partial charge is 0.320 e. The quantitative estimate of drug-likeness (QED) is 0.826. The van der Waals surface area contributed by atoms with Gasteiger partial charge < -0.3 is 5.73 Å². The fraction of sp³-hybridized carbons (Fsp3) is 0.143. The predicted molar refractivity (Wildman–Crippen MR) is 68.5 cm³/mol. The minimum absolute atomic E-state index is 0.0647. The normalized spacial score (nSPS) is 12.5. The summed E-state index contributed by atoms with van der Waals surface area (Å²) in [5, 5.41) is -0.316. The molecule has 1 atom stereocenters. The Kier molecular flexibility index (Phi) is 3.83. The average molecular weight is 286 g/mol. The minimum Gasteiger partial charge on any atom is -0.320 e. The van der Waals surface area contributed by atoms with E-state index in [0.717, 1.165) is 12.1 Å². The van der Waals surface area contributed by atoms with Crippen molar-refractivity contribution in [1.29, 1.82) is 0 Å². The Morgan fingerprint density at radius 2 is 1.68 bits per heavy atom. The van der Waals surface area contributed by atoms with Crippen LogP contribution in [-0.2, 0) is 0 Å². The van der Waals surface area contributed by atoms with E-state index in [4.69, 9.17) is 17.3 Å². The zero-order valence-electron chi connectivity index (χ0n) is 10.1. The number of rotatable bonds is 2. The fourth-order valence-electron chi connectivity index (χ4n) is 1.76. The summed E-state index contributed by atoms with van der Waals surface area (Å²) in [5.74, 6) is -1.93. The molecule has 2 aromatic rings. The first-order valence-corrected chi connectivity index (χ1v) is 5.94. The third-order valence-corrected chi connectivity index (χ3v) is 3.22. The van der Waals surface area contributed by atoms with Crippen LogP contribution in [0.4, 0.5) is 13.2 Å². The van der Waals surface area contributed by atoms with Gasteiger partial charge in [0.1, 0.15) is 17.5 Å². The zero-order valence-corrected chi connectivity index (χ0v) is 10.8. The maximum atomic E-state index is 13.7. The second kappa shape index (κ2) is 5.23. The fourth-order valence-corrected chi connectivity index (χ4v) is 1.91. The zero-order chi connectivity index (χ0) is 14.2. The molecule has 0 fully saturated rings. The van der Waals surface area contributed by atoms with Crippen LogP contribution < -0.4 is 5.73 Å². The number of hydrogen-bond acceptors (Lipinski definition) is 1. The Bertz CT molecular complexity index is 628. The van der Waals surface area contributed by atoms with Gasteiger partial charge in [0, 0.05) is 5.56 Å². The lowest BCUT2D eigenvalue weighted by molar-refractivity contribution is 0.575. The summed E-state index contributed by atoms with van der Waals surface area (Å²) >= 11 is 5.47. The van der Waals surface area contributed by atoms with Gasteiger partial charge in [-0.3, -0.25) is 0 Å². The summed E-state index contributed by atoms with van der Waals surface area (Å²) in [6.07, 6.45) is 0. The lowest BCUT2D eigenvalue weighted by Gasteiger charge is -2.14. The van der Waals surface area contributed by atoms with Crippen LogP contribution in [-0.4, -0.2) is 0 Å². The SMILES string of the molecule is Cc1ccc(C(N)c2cc(F)c(Cl)cc2F)cc1F. The van der Waals surface area contributed by atoms with E-state index in [2.05, 4.69) is 0 Å². The van der Waals surface area contributed by atoms with Gasteiger partial charge in [-0.1, -0.05) is 23.7 Å². The van der Waals surface area contributed by atoms with Crippen molar-refractivity contribution in [2.75, 3.05) is 0 Å². The maximum absolute atomic E-state index is 13.7. The van der Waals surface area contributed by atoms with E-state index >= 15 is 0 Å². The lowest BCUT2D eigenvalue weighted by atomic mass is 9.98. The molecule has 0 heterocycles. The van der Waals surface area contributed by atoms with Crippen molar-refractivity contribution >= 4 is 11.6 Å². The first-order valence-electron chi connectivity index (χ1n) is 5.56.